The summed E-state index contributed by atoms with van der Waals surface area (Å²) in [6, 6.07) is 12.0. The molecule has 0 saturated carbocycles. The zero-order valence-corrected chi connectivity index (χ0v) is 16.5. The number of hydrogen-bond donors (Lipinski definition) is 1. The molecule has 1 amide bonds. The van der Waals surface area contributed by atoms with E-state index in [4.69, 9.17) is 11.6 Å². The van der Waals surface area contributed by atoms with Crippen LogP contribution in [0.4, 0.5) is 0 Å². The van der Waals surface area contributed by atoms with E-state index in [-0.39, 0.29) is 5.91 Å². The van der Waals surface area contributed by atoms with Crippen molar-refractivity contribution >= 4 is 35.1 Å². The molecule has 7 heteroatoms. The molecule has 0 aliphatic heterocycles. The molecule has 4 rings (SSSR count). The normalized spacial score (nSPS) is 13.3. The Balaban J connectivity index is 1.44. The fourth-order valence-electron chi connectivity index (χ4n) is 3.23. The number of nitrogens with one attached hydrogen (secondary N) is 1. The summed E-state index contributed by atoms with van der Waals surface area (Å²) >= 11 is 8.02. The average molecular weight is 399 g/mol. The number of aromatic nitrogens is 2. The van der Waals surface area contributed by atoms with Gasteiger partial charge in [-0.15, -0.1) is 11.3 Å². The number of carbonyl (C=O) groups is 1. The molecule has 0 atom stereocenters. The van der Waals surface area contributed by atoms with Crippen molar-refractivity contribution in [3.63, 3.8) is 0 Å². The van der Waals surface area contributed by atoms with Crippen LogP contribution in [0.5, 0.6) is 0 Å². The van der Waals surface area contributed by atoms with Gasteiger partial charge in [0.05, 0.1) is 28.9 Å². The summed E-state index contributed by atoms with van der Waals surface area (Å²) in [5.74, 6) is -0.184. The first-order valence-corrected chi connectivity index (χ1v) is 10.0. The number of thiophene rings is 1. The van der Waals surface area contributed by atoms with Gasteiger partial charge in [0.15, 0.2) is 0 Å². The van der Waals surface area contributed by atoms with Crippen molar-refractivity contribution in [2.24, 2.45) is 5.10 Å². The standard InChI is InChI=1S/C20H19ClN4OS/c1-13-16(19(21)25(24-13)12-14-6-3-2-4-7-14)11-22-23-20(26)18-10-15-8-5-9-17(15)27-18/h2-4,6-7,10-11H,5,8-9,12H2,1H3,(H,23,26)/b22-11-. The maximum Gasteiger partial charge on any atom is 0.281 e. The summed E-state index contributed by atoms with van der Waals surface area (Å²) in [6.07, 6.45) is 4.89. The van der Waals surface area contributed by atoms with Crippen molar-refractivity contribution in [2.45, 2.75) is 32.7 Å². The lowest BCUT2D eigenvalue weighted by Gasteiger charge is -2.03. The van der Waals surface area contributed by atoms with Crippen molar-refractivity contribution in [1.29, 1.82) is 0 Å². The molecule has 0 fully saturated rings. The van der Waals surface area contributed by atoms with E-state index in [1.807, 2.05) is 43.3 Å². The molecule has 2 aromatic heterocycles. The monoisotopic (exact) mass is 398 g/mol. The average Bonchev–Trinajstić information content (AvgIpc) is 3.32. The molecule has 0 bridgehead atoms. The largest absolute Gasteiger partial charge is 0.281 e. The van der Waals surface area contributed by atoms with E-state index in [0.29, 0.717) is 22.1 Å². The highest BCUT2D eigenvalue weighted by molar-refractivity contribution is 7.14. The van der Waals surface area contributed by atoms with Gasteiger partial charge in [0.2, 0.25) is 0 Å². The van der Waals surface area contributed by atoms with Gasteiger partial charge in [-0.05, 0) is 43.4 Å². The Bertz CT molecular complexity index is 985. The van der Waals surface area contributed by atoms with Crippen molar-refractivity contribution in [1.82, 2.24) is 15.2 Å². The van der Waals surface area contributed by atoms with Gasteiger partial charge in [-0.3, -0.25) is 4.79 Å². The Labute approximate surface area is 166 Å². The van der Waals surface area contributed by atoms with Crippen LogP contribution in [0.15, 0.2) is 41.5 Å². The van der Waals surface area contributed by atoms with Gasteiger partial charge >= 0.3 is 0 Å². The van der Waals surface area contributed by atoms with Crippen LogP contribution in [0.3, 0.4) is 0 Å². The molecule has 1 aliphatic rings. The number of nitrogens with zero attached hydrogens (tertiary/aromatic N) is 3. The fraction of sp³-hybridized carbons (Fsp3) is 0.250. The first-order valence-electron chi connectivity index (χ1n) is 8.83. The van der Waals surface area contributed by atoms with E-state index < -0.39 is 0 Å². The summed E-state index contributed by atoms with van der Waals surface area (Å²) in [6.45, 7) is 2.46. The van der Waals surface area contributed by atoms with Crippen molar-refractivity contribution in [3.8, 4) is 0 Å². The van der Waals surface area contributed by atoms with Gasteiger partial charge in [0.25, 0.3) is 5.91 Å². The molecule has 27 heavy (non-hydrogen) atoms. The molecule has 0 unspecified atom stereocenters. The molecule has 2 heterocycles. The van der Waals surface area contributed by atoms with Gasteiger partial charge in [-0.2, -0.15) is 10.2 Å². The van der Waals surface area contributed by atoms with Crippen LogP contribution < -0.4 is 5.43 Å². The molecule has 3 aromatic rings. The Kier molecular flexibility index (Phi) is 5.09. The van der Waals surface area contributed by atoms with E-state index >= 15 is 0 Å². The minimum absolute atomic E-state index is 0.184. The molecule has 138 valence electrons. The first kappa shape index (κ1) is 17.9. The third-order valence-corrected chi connectivity index (χ3v) is 6.25. The Hall–Kier alpha value is -2.44. The van der Waals surface area contributed by atoms with Gasteiger partial charge in [0, 0.05) is 4.88 Å². The maximum absolute atomic E-state index is 12.3. The molecule has 5 nitrogen and oxygen atoms in total. The minimum Gasteiger partial charge on any atom is -0.266 e. The Morgan fingerprint density at radius 3 is 2.96 bits per heavy atom. The highest BCUT2D eigenvalue weighted by atomic mass is 35.5. The highest BCUT2D eigenvalue weighted by Crippen LogP contribution is 2.30. The second-order valence-corrected chi connectivity index (χ2v) is 8.04. The molecular formula is C20H19ClN4OS. The van der Waals surface area contributed by atoms with Gasteiger partial charge in [0.1, 0.15) is 5.15 Å². The van der Waals surface area contributed by atoms with Gasteiger partial charge in [-0.25, -0.2) is 10.1 Å². The summed E-state index contributed by atoms with van der Waals surface area (Å²) < 4.78 is 1.74. The van der Waals surface area contributed by atoms with E-state index in [1.165, 1.54) is 16.9 Å². The number of carbonyl (C=O) groups excluding carboxylic acids is 1. The second kappa shape index (κ2) is 7.66. The lowest BCUT2D eigenvalue weighted by molar-refractivity contribution is 0.0959. The number of aryl methyl sites for hydroxylation is 3. The van der Waals surface area contributed by atoms with Gasteiger partial charge in [-0.1, -0.05) is 41.9 Å². The van der Waals surface area contributed by atoms with Gasteiger partial charge < -0.3 is 0 Å². The topological polar surface area (TPSA) is 59.3 Å². The number of fused-ring (bicyclic) bond motifs is 1. The first-order chi connectivity index (χ1) is 13.1. The summed E-state index contributed by atoms with van der Waals surface area (Å²) in [5.41, 5.74) is 6.49. The van der Waals surface area contributed by atoms with Crippen LogP contribution in [0.2, 0.25) is 5.15 Å². The van der Waals surface area contributed by atoms with E-state index in [2.05, 4.69) is 15.6 Å². The molecular weight excluding hydrogens is 380 g/mol. The van der Waals surface area contributed by atoms with Crippen LogP contribution in [-0.4, -0.2) is 21.9 Å². The summed E-state index contributed by atoms with van der Waals surface area (Å²) in [5, 5.41) is 9.07. The van der Waals surface area contributed by atoms with Crippen molar-refractivity contribution in [3.05, 3.63) is 73.7 Å². The summed E-state index contributed by atoms with van der Waals surface area (Å²) in [7, 11) is 0. The number of benzene rings is 1. The third-order valence-electron chi connectivity index (χ3n) is 4.61. The molecule has 0 radical (unpaired) electrons. The minimum atomic E-state index is -0.184. The van der Waals surface area contributed by atoms with Crippen LogP contribution >= 0.6 is 22.9 Å². The van der Waals surface area contributed by atoms with Crippen LogP contribution in [0, 0.1) is 6.92 Å². The van der Waals surface area contributed by atoms with Crippen molar-refractivity contribution < 1.29 is 4.79 Å². The molecule has 1 N–H and O–H groups in total. The Morgan fingerprint density at radius 2 is 2.19 bits per heavy atom. The smallest absolute Gasteiger partial charge is 0.266 e. The molecule has 1 aliphatic carbocycles. The predicted molar refractivity (Wildman–Crippen MR) is 109 cm³/mol. The lowest BCUT2D eigenvalue weighted by Crippen LogP contribution is -2.16. The van der Waals surface area contributed by atoms with Crippen LogP contribution in [-0.2, 0) is 19.4 Å². The number of hydrogen-bond acceptors (Lipinski definition) is 4. The van der Waals surface area contributed by atoms with E-state index in [1.54, 1.807) is 22.2 Å². The third kappa shape index (κ3) is 3.82. The Morgan fingerprint density at radius 1 is 1.37 bits per heavy atom. The molecule has 1 aromatic carbocycles. The highest BCUT2D eigenvalue weighted by Gasteiger charge is 2.18. The molecule has 0 saturated heterocycles. The fourth-order valence-corrected chi connectivity index (χ4v) is 4.65. The zero-order chi connectivity index (χ0) is 18.8. The van der Waals surface area contributed by atoms with Crippen LogP contribution in [0.25, 0.3) is 0 Å². The number of rotatable bonds is 5. The number of hydrazone groups is 1. The van der Waals surface area contributed by atoms with E-state index in [9.17, 15) is 4.79 Å². The molecule has 0 spiro atoms. The number of halogens is 1. The lowest BCUT2D eigenvalue weighted by atomic mass is 10.2. The quantitative estimate of drug-likeness (QED) is 0.517. The predicted octanol–water partition coefficient (Wildman–Crippen LogP) is 4.21. The zero-order valence-electron chi connectivity index (χ0n) is 14.9. The summed E-state index contributed by atoms with van der Waals surface area (Å²) in [4.78, 5) is 14.3. The maximum atomic E-state index is 12.3. The SMILES string of the molecule is Cc1nn(Cc2ccccc2)c(Cl)c1/C=N\NC(=O)c1cc2c(s1)CCC2. The van der Waals surface area contributed by atoms with E-state index in [0.717, 1.165) is 24.1 Å². The van der Waals surface area contributed by atoms with Crippen LogP contribution in [0.1, 0.15) is 43.4 Å². The number of amides is 1. The van der Waals surface area contributed by atoms with Crippen molar-refractivity contribution in [2.75, 3.05) is 0 Å². The second-order valence-electron chi connectivity index (χ2n) is 6.54.